The Hall–Kier alpha value is -4.19. The number of nitrogens with one attached hydrogen (secondary N) is 2. The lowest BCUT2D eigenvalue weighted by atomic mass is 9.90. The quantitative estimate of drug-likeness (QED) is 0.165. The number of ketones is 1. The first-order valence-electron chi connectivity index (χ1n) is 17.3. The number of amides is 2. The van der Waals surface area contributed by atoms with E-state index in [1.807, 2.05) is 38.1 Å². The standard InChI is InChI=1S/C37H44BrN7O4/c1-23-11-12-32(38)42-35(23)43-36(48)29-19-37(14-15-37)13-9-7-5-4-6-8-10-16-49-31-18-30-28(17-27(31)26-20-39-25(3)40-21-26)34(24(2)46)44-45(30)22-33(47)41-29/h11-12,17-18,20-21,29H,4-10,13-16,19,22H2,1-3H3,(H,41,47)(H,42,43,48)/t29-/m0/s1. The van der Waals surface area contributed by atoms with Crippen molar-refractivity contribution in [2.45, 2.75) is 104 Å². The van der Waals surface area contributed by atoms with Crippen molar-refractivity contribution in [3.05, 3.63) is 58.3 Å². The summed E-state index contributed by atoms with van der Waals surface area (Å²) in [6, 6.07) is 6.67. The molecule has 1 aromatic carbocycles. The number of carbonyl (C=O) groups is 3. The molecule has 0 saturated heterocycles. The summed E-state index contributed by atoms with van der Waals surface area (Å²) in [6.45, 7) is 5.53. The van der Waals surface area contributed by atoms with E-state index in [1.54, 1.807) is 12.4 Å². The Morgan fingerprint density at radius 2 is 1.71 bits per heavy atom. The average molecular weight is 731 g/mol. The molecular formula is C37H44BrN7O4. The number of carbonyl (C=O) groups excluding carboxylic acids is 3. The van der Waals surface area contributed by atoms with Crippen molar-refractivity contribution in [1.29, 1.82) is 0 Å². The van der Waals surface area contributed by atoms with Crippen molar-refractivity contribution < 1.29 is 19.1 Å². The molecule has 1 fully saturated rings. The van der Waals surface area contributed by atoms with Gasteiger partial charge in [0.1, 0.15) is 40.3 Å². The second-order valence-corrected chi connectivity index (χ2v) is 14.4. The smallest absolute Gasteiger partial charge is 0.248 e. The van der Waals surface area contributed by atoms with Crippen LogP contribution in [0.1, 0.15) is 99.4 Å². The SMILES string of the molecule is CC(=O)c1nn2c3cc(c(-c4cnc(C)nc4)cc13)OCCCCCCCCCC1(CC1)C[C@@H](C(=O)Nc1nc(Br)ccc1C)NC(=O)C2. The highest BCUT2D eigenvalue weighted by atomic mass is 79.9. The molecule has 4 heterocycles. The van der Waals surface area contributed by atoms with Gasteiger partial charge in [0.2, 0.25) is 11.8 Å². The number of pyridine rings is 1. The molecule has 1 spiro atoms. The molecule has 12 heteroatoms. The molecule has 2 N–H and O–H groups in total. The number of nitrogens with zero attached hydrogens (tertiary/aromatic N) is 5. The van der Waals surface area contributed by atoms with E-state index in [9.17, 15) is 14.4 Å². The van der Waals surface area contributed by atoms with Gasteiger partial charge in [-0.15, -0.1) is 0 Å². The molecule has 2 aliphatic rings. The highest BCUT2D eigenvalue weighted by molar-refractivity contribution is 9.10. The van der Waals surface area contributed by atoms with E-state index >= 15 is 0 Å². The van der Waals surface area contributed by atoms with E-state index in [4.69, 9.17) is 4.74 Å². The van der Waals surface area contributed by atoms with Gasteiger partial charge in [0.25, 0.3) is 0 Å². The van der Waals surface area contributed by atoms with Gasteiger partial charge in [0.15, 0.2) is 5.78 Å². The van der Waals surface area contributed by atoms with Crippen molar-refractivity contribution in [2.24, 2.45) is 5.41 Å². The Morgan fingerprint density at radius 3 is 2.43 bits per heavy atom. The molecule has 0 unspecified atom stereocenters. The van der Waals surface area contributed by atoms with Crippen molar-refractivity contribution in [3.8, 4) is 16.9 Å². The number of ether oxygens (including phenoxy) is 1. The molecule has 2 bridgehead atoms. The largest absolute Gasteiger partial charge is 0.493 e. The molecule has 1 saturated carbocycles. The molecule has 0 radical (unpaired) electrons. The van der Waals surface area contributed by atoms with Gasteiger partial charge in [-0.2, -0.15) is 5.10 Å². The Labute approximate surface area is 295 Å². The molecule has 1 atom stereocenters. The van der Waals surface area contributed by atoms with Crippen molar-refractivity contribution in [3.63, 3.8) is 0 Å². The third-order valence-electron chi connectivity index (χ3n) is 9.73. The Kier molecular flexibility index (Phi) is 10.7. The van der Waals surface area contributed by atoms with Crippen LogP contribution < -0.4 is 15.4 Å². The molecule has 49 heavy (non-hydrogen) atoms. The van der Waals surface area contributed by atoms with Gasteiger partial charge < -0.3 is 15.4 Å². The Bertz CT molecular complexity index is 1850. The van der Waals surface area contributed by atoms with Crippen molar-refractivity contribution >= 4 is 50.2 Å². The highest BCUT2D eigenvalue weighted by Crippen LogP contribution is 2.53. The third kappa shape index (κ3) is 8.52. The van der Waals surface area contributed by atoms with E-state index < -0.39 is 6.04 Å². The van der Waals surface area contributed by atoms with Gasteiger partial charge in [-0.3, -0.25) is 19.1 Å². The van der Waals surface area contributed by atoms with Crippen LogP contribution in [-0.4, -0.2) is 55.0 Å². The monoisotopic (exact) mass is 729 g/mol. The molecule has 3 aromatic heterocycles. The van der Waals surface area contributed by atoms with Gasteiger partial charge in [0.05, 0.1) is 12.1 Å². The lowest BCUT2D eigenvalue weighted by Gasteiger charge is -2.24. The van der Waals surface area contributed by atoms with Crippen molar-refractivity contribution in [1.82, 2.24) is 30.0 Å². The highest BCUT2D eigenvalue weighted by Gasteiger charge is 2.45. The van der Waals surface area contributed by atoms with Crippen LogP contribution in [0.3, 0.4) is 0 Å². The molecule has 258 valence electrons. The summed E-state index contributed by atoms with van der Waals surface area (Å²) in [5, 5.41) is 11.2. The van der Waals surface area contributed by atoms with E-state index in [1.165, 1.54) is 24.4 Å². The third-order valence-corrected chi connectivity index (χ3v) is 10.2. The second-order valence-electron chi connectivity index (χ2n) is 13.6. The summed E-state index contributed by atoms with van der Waals surface area (Å²) in [6.07, 6.45) is 14.9. The van der Waals surface area contributed by atoms with Crippen LogP contribution in [0.25, 0.3) is 22.0 Å². The summed E-state index contributed by atoms with van der Waals surface area (Å²) >= 11 is 3.40. The van der Waals surface area contributed by atoms with E-state index in [-0.39, 0.29) is 35.3 Å². The fraction of sp³-hybridized carbons (Fsp3) is 0.486. The number of hydrogen-bond acceptors (Lipinski definition) is 8. The maximum absolute atomic E-state index is 13.8. The minimum Gasteiger partial charge on any atom is -0.493 e. The fourth-order valence-corrected chi connectivity index (χ4v) is 7.02. The predicted octanol–water partition coefficient (Wildman–Crippen LogP) is 7.28. The fourth-order valence-electron chi connectivity index (χ4n) is 6.71. The van der Waals surface area contributed by atoms with Gasteiger partial charge in [-0.1, -0.05) is 44.6 Å². The zero-order valence-corrected chi connectivity index (χ0v) is 30.1. The Balaban J connectivity index is 1.35. The number of Topliss-reactive ketones (excluding diaryl/α,β-unsaturated/α-hetero) is 1. The van der Waals surface area contributed by atoms with E-state index in [0.717, 1.165) is 68.1 Å². The van der Waals surface area contributed by atoms with Crippen LogP contribution in [-0.2, 0) is 16.1 Å². The molecule has 1 aliphatic heterocycles. The predicted molar refractivity (Wildman–Crippen MR) is 191 cm³/mol. The lowest BCUT2D eigenvalue weighted by molar-refractivity contribution is -0.127. The van der Waals surface area contributed by atoms with Crippen molar-refractivity contribution in [2.75, 3.05) is 11.9 Å². The number of aryl methyl sites for hydroxylation is 2. The lowest BCUT2D eigenvalue weighted by Crippen LogP contribution is -2.46. The maximum Gasteiger partial charge on any atom is 0.248 e. The summed E-state index contributed by atoms with van der Waals surface area (Å²) in [4.78, 5) is 53.7. The maximum atomic E-state index is 13.8. The first-order chi connectivity index (χ1) is 23.6. The number of rotatable bonds is 4. The summed E-state index contributed by atoms with van der Waals surface area (Å²) in [5.41, 5.74) is 3.22. The van der Waals surface area contributed by atoms with Crippen LogP contribution in [0.15, 0.2) is 41.3 Å². The summed E-state index contributed by atoms with van der Waals surface area (Å²) in [7, 11) is 0. The van der Waals surface area contributed by atoms with E-state index in [0.29, 0.717) is 45.9 Å². The first kappa shape index (κ1) is 34.7. The van der Waals surface area contributed by atoms with Crippen LogP contribution in [0.4, 0.5) is 5.82 Å². The number of fused-ring (bicyclic) bond motifs is 1. The normalized spacial score (nSPS) is 18.9. The molecule has 4 aromatic rings. The molecule has 6 rings (SSSR count). The molecule has 11 nitrogen and oxygen atoms in total. The number of anilines is 1. The van der Waals surface area contributed by atoms with Gasteiger partial charge in [-0.25, -0.2) is 15.0 Å². The molecule has 2 amide bonds. The van der Waals surface area contributed by atoms with Crippen LogP contribution >= 0.6 is 15.9 Å². The second kappa shape index (κ2) is 15.1. The summed E-state index contributed by atoms with van der Waals surface area (Å²) in [5.74, 6) is 0.817. The van der Waals surface area contributed by atoms with Gasteiger partial charge in [0, 0.05) is 41.9 Å². The molecule has 1 aliphatic carbocycles. The van der Waals surface area contributed by atoms with Crippen LogP contribution in [0.5, 0.6) is 5.75 Å². The zero-order valence-electron chi connectivity index (χ0n) is 28.5. The van der Waals surface area contributed by atoms with Gasteiger partial charge in [-0.05, 0) is 85.0 Å². The van der Waals surface area contributed by atoms with Gasteiger partial charge >= 0.3 is 0 Å². The number of aromatic nitrogens is 5. The van der Waals surface area contributed by atoms with Crippen LogP contribution in [0.2, 0.25) is 0 Å². The number of benzene rings is 1. The minimum absolute atomic E-state index is 0.0401. The van der Waals surface area contributed by atoms with Crippen LogP contribution in [0, 0.1) is 19.3 Å². The average Bonchev–Trinajstić information content (AvgIpc) is 3.75. The molecular weight excluding hydrogens is 686 g/mol. The topological polar surface area (TPSA) is 141 Å². The first-order valence-corrected chi connectivity index (χ1v) is 18.1. The number of halogens is 1. The summed E-state index contributed by atoms with van der Waals surface area (Å²) < 4.78 is 8.51. The Morgan fingerprint density at radius 1 is 1.00 bits per heavy atom. The minimum atomic E-state index is -0.762. The number of hydrogen-bond donors (Lipinski definition) is 2. The van der Waals surface area contributed by atoms with E-state index in [2.05, 4.69) is 46.6 Å². The zero-order chi connectivity index (χ0) is 34.5.